The van der Waals surface area contributed by atoms with Crippen molar-refractivity contribution >= 4 is 29.0 Å². The maximum atomic E-state index is 13.3. The van der Waals surface area contributed by atoms with Gasteiger partial charge in [0.15, 0.2) is 5.79 Å². The molecule has 1 amide bonds. The van der Waals surface area contributed by atoms with Gasteiger partial charge in [-0.25, -0.2) is 14.4 Å². The smallest absolute Gasteiger partial charge is 0.272 e. The first-order chi connectivity index (χ1) is 13.0. The summed E-state index contributed by atoms with van der Waals surface area (Å²) in [7, 11) is 0. The van der Waals surface area contributed by atoms with E-state index in [1.54, 1.807) is 11.0 Å². The highest BCUT2D eigenvalue weighted by Crippen LogP contribution is 2.31. The lowest BCUT2D eigenvalue weighted by Gasteiger charge is -2.37. The maximum absolute atomic E-state index is 13.3. The van der Waals surface area contributed by atoms with Crippen molar-refractivity contribution in [3.63, 3.8) is 0 Å². The van der Waals surface area contributed by atoms with Gasteiger partial charge in [-0.3, -0.25) is 4.79 Å². The molecule has 0 bridgehead atoms. The van der Waals surface area contributed by atoms with Gasteiger partial charge in [-0.05, 0) is 18.2 Å². The molecule has 2 aromatic rings. The predicted octanol–water partition coefficient (Wildman–Crippen LogP) is 2.99. The number of aromatic nitrogens is 2. The molecule has 0 atom stereocenters. The number of likely N-dealkylation sites (tertiary alicyclic amines) is 1. The molecule has 2 aliphatic rings. The second kappa shape index (κ2) is 7.38. The normalized spacial score (nSPS) is 18.7. The fraction of sp³-hybridized carbons (Fsp3) is 0.389. The highest BCUT2D eigenvalue weighted by Gasteiger charge is 2.41. The summed E-state index contributed by atoms with van der Waals surface area (Å²) < 4.78 is 24.6. The zero-order valence-corrected chi connectivity index (χ0v) is 15.2. The van der Waals surface area contributed by atoms with E-state index < -0.39 is 11.6 Å². The van der Waals surface area contributed by atoms with E-state index in [9.17, 15) is 9.18 Å². The summed E-state index contributed by atoms with van der Waals surface area (Å²) in [5.41, 5.74) is 0.846. The Bertz CT molecular complexity index is 850. The van der Waals surface area contributed by atoms with Crippen LogP contribution >= 0.6 is 11.6 Å². The average molecular weight is 393 g/mol. The Hall–Kier alpha value is -2.29. The Balaban J connectivity index is 1.44. The number of nitrogens with zero attached hydrogens (tertiary/aromatic N) is 3. The number of benzene rings is 1. The molecule has 27 heavy (non-hydrogen) atoms. The van der Waals surface area contributed by atoms with Crippen molar-refractivity contribution in [1.29, 1.82) is 0 Å². The van der Waals surface area contributed by atoms with Crippen molar-refractivity contribution in [2.75, 3.05) is 31.6 Å². The van der Waals surface area contributed by atoms with Crippen molar-refractivity contribution in [2.45, 2.75) is 18.6 Å². The molecular weight excluding hydrogens is 375 g/mol. The van der Waals surface area contributed by atoms with Gasteiger partial charge in [-0.15, -0.1) is 0 Å². The number of carbonyl (C=O) groups is 1. The fourth-order valence-electron chi connectivity index (χ4n) is 3.26. The number of ether oxygens (including phenoxy) is 2. The van der Waals surface area contributed by atoms with Crippen LogP contribution in [0.25, 0.3) is 0 Å². The van der Waals surface area contributed by atoms with E-state index in [4.69, 9.17) is 21.1 Å². The van der Waals surface area contributed by atoms with Gasteiger partial charge in [-0.2, -0.15) is 0 Å². The van der Waals surface area contributed by atoms with Crippen LogP contribution in [0.1, 0.15) is 23.3 Å². The molecule has 2 aliphatic heterocycles. The molecule has 0 radical (unpaired) electrons. The molecule has 4 rings (SSSR count). The molecule has 2 saturated heterocycles. The molecule has 9 heteroatoms. The number of carbonyl (C=O) groups excluding carboxylic acids is 1. The number of hydrogen-bond donors (Lipinski definition) is 1. The van der Waals surface area contributed by atoms with E-state index in [1.807, 2.05) is 0 Å². The number of rotatable bonds is 3. The largest absolute Gasteiger partial charge is 0.347 e. The first kappa shape index (κ1) is 18.1. The zero-order chi connectivity index (χ0) is 18.9. The van der Waals surface area contributed by atoms with E-state index >= 15 is 0 Å². The minimum Gasteiger partial charge on any atom is -0.347 e. The summed E-state index contributed by atoms with van der Waals surface area (Å²) in [5.74, 6) is -0.784. The third kappa shape index (κ3) is 3.87. The van der Waals surface area contributed by atoms with Crippen molar-refractivity contribution in [3.05, 3.63) is 47.1 Å². The van der Waals surface area contributed by atoms with Crippen LogP contribution in [-0.4, -0.2) is 52.9 Å². The van der Waals surface area contributed by atoms with Crippen LogP contribution in [0.4, 0.5) is 15.9 Å². The van der Waals surface area contributed by atoms with E-state index in [0.717, 1.165) is 0 Å². The molecule has 3 heterocycles. The van der Waals surface area contributed by atoms with E-state index in [0.29, 0.717) is 50.7 Å². The Kier molecular flexibility index (Phi) is 4.94. The van der Waals surface area contributed by atoms with Crippen LogP contribution in [0.5, 0.6) is 0 Å². The van der Waals surface area contributed by atoms with Crippen LogP contribution in [0.15, 0.2) is 30.6 Å². The molecule has 1 aromatic heterocycles. The Morgan fingerprint density at radius 3 is 2.63 bits per heavy atom. The van der Waals surface area contributed by atoms with Crippen molar-refractivity contribution in [3.8, 4) is 0 Å². The first-order valence-corrected chi connectivity index (χ1v) is 9.04. The topological polar surface area (TPSA) is 76.6 Å². The minimum atomic E-state index is -0.531. The molecule has 0 unspecified atom stereocenters. The fourth-order valence-corrected chi connectivity index (χ4v) is 3.44. The Labute approximate surface area is 160 Å². The number of anilines is 2. The predicted molar refractivity (Wildman–Crippen MR) is 96.5 cm³/mol. The van der Waals surface area contributed by atoms with Crippen LogP contribution in [0.2, 0.25) is 5.02 Å². The molecule has 7 nitrogen and oxygen atoms in total. The number of amides is 1. The Morgan fingerprint density at radius 1 is 1.19 bits per heavy atom. The lowest BCUT2D eigenvalue weighted by atomic mass is 10.0. The maximum Gasteiger partial charge on any atom is 0.272 e. The van der Waals surface area contributed by atoms with Crippen LogP contribution in [0.3, 0.4) is 0 Å². The second-order valence-corrected chi connectivity index (χ2v) is 6.85. The van der Waals surface area contributed by atoms with Crippen molar-refractivity contribution in [2.24, 2.45) is 0 Å². The lowest BCUT2D eigenvalue weighted by molar-refractivity contribution is -0.181. The minimum absolute atomic E-state index is 0.00366. The number of piperidine rings is 1. The highest BCUT2D eigenvalue weighted by atomic mass is 35.5. The molecular formula is C18H18ClFN4O3. The van der Waals surface area contributed by atoms with Gasteiger partial charge in [0.2, 0.25) is 0 Å². The standard InChI is InChI=1S/C18H18ClFN4O3/c19-13-9-12(1-2-14(13)20)23-16-10-15(21-11-22-16)17(25)24-5-3-18(4-6-24)26-7-8-27-18/h1-2,9-11H,3-8H2,(H,21,22,23). The van der Waals surface area contributed by atoms with Gasteiger partial charge in [-0.1, -0.05) is 11.6 Å². The van der Waals surface area contributed by atoms with Gasteiger partial charge in [0.1, 0.15) is 23.7 Å². The zero-order valence-electron chi connectivity index (χ0n) is 14.5. The second-order valence-electron chi connectivity index (χ2n) is 6.44. The number of nitrogens with one attached hydrogen (secondary N) is 1. The SMILES string of the molecule is O=C(c1cc(Nc2ccc(F)c(Cl)c2)ncn1)N1CCC2(CC1)OCCO2. The molecule has 2 fully saturated rings. The summed E-state index contributed by atoms with van der Waals surface area (Å²) in [6.45, 7) is 2.28. The van der Waals surface area contributed by atoms with Gasteiger partial charge >= 0.3 is 0 Å². The van der Waals surface area contributed by atoms with Crippen molar-refractivity contribution in [1.82, 2.24) is 14.9 Å². The lowest BCUT2D eigenvalue weighted by Crippen LogP contribution is -2.47. The molecule has 1 spiro atoms. The summed E-state index contributed by atoms with van der Waals surface area (Å²) in [6.07, 6.45) is 2.60. The number of halogens is 2. The molecule has 0 aliphatic carbocycles. The van der Waals surface area contributed by atoms with Crippen LogP contribution in [0, 0.1) is 5.82 Å². The van der Waals surface area contributed by atoms with Gasteiger partial charge in [0.25, 0.3) is 5.91 Å². The quantitative estimate of drug-likeness (QED) is 0.865. The van der Waals surface area contributed by atoms with Gasteiger partial charge < -0.3 is 19.7 Å². The molecule has 1 aromatic carbocycles. The molecule has 142 valence electrons. The van der Waals surface area contributed by atoms with E-state index in [-0.39, 0.29) is 16.6 Å². The summed E-state index contributed by atoms with van der Waals surface area (Å²) >= 11 is 5.79. The van der Waals surface area contributed by atoms with Crippen LogP contribution < -0.4 is 5.32 Å². The highest BCUT2D eigenvalue weighted by molar-refractivity contribution is 6.31. The van der Waals surface area contributed by atoms with E-state index in [2.05, 4.69) is 15.3 Å². The molecule has 0 saturated carbocycles. The third-order valence-electron chi connectivity index (χ3n) is 4.70. The average Bonchev–Trinajstić information content (AvgIpc) is 3.13. The summed E-state index contributed by atoms with van der Waals surface area (Å²) in [4.78, 5) is 22.7. The summed E-state index contributed by atoms with van der Waals surface area (Å²) in [5, 5.41) is 3.00. The van der Waals surface area contributed by atoms with E-state index in [1.165, 1.54) is 24.5 Å². The Morgan fingerprint density at radius 2 is 1.93 bits per heavy atom. The van der Waals surface area contributed by atoms with Gasteiger partial charge in [0, 0.05) is 37.7 Å². The van der Waals surface area contributed by atoms with Crippen LogP contribution in [-0.2, 0) is 9.47 Å². The van der Waals surface area contributed by atoms with Gasteiger partial charge in [0.05, 0.1) is 18.2 Å². The summed E-state index contributed by atoms with van der Waals surface area (Å²) in [6, 6.07) is 5.81. The third-order valence-corrected chi connectivity index (χ3v) is 4.99. The monoisotopic (exact) mass is 392 g/mol. The van der Waals surface area contributed by atoms with Crippen molar-refractivity contribution < 1.29 is 18.7 Å². The first-order valence-electron chi connectivity index (χ1n) is 8.66. The number of hydrogen-bond acceptors (Lipinski definition) is 6. The molecule has 1 N–H and O–H groups in total.